The van der Waals surface area contributed by atoms with Crippen LogP contribution in [0, 0.1) is 0 Å². The van der Waals surface area contributed by atoms with Crippen molar-refractivity contribution in [2.45, 2.75) is 0 Å². The minimum Gasteiger partial charge on any atom is -0.309 e. The van der Waals surface area contributed by atoms with Crippen molar-refractivity contribution in [2.24, 2.45) is 0 Å². The zero-order valence-electron chi connectivity index (χ0n) is 74.8. The van der Waals surface area contributed by atoms with E-state index >= 15 is 0 Å². The highest BCUT2D eigenvalue weighted by molar-refractivity contribution is 6.29. The Kier molecular flexibility index (Phi) is 17.9. The maximum atomic E-state index is 5.49. The first-order valence-corrected chi connectivity index (χ1v) is 47.2. The van der Waals surface area contributed by atoms with Gasteiger partial charge in [-0.1, -0.05) is 382 Å². The Hall–Kier alpha value is -18.5. The first-order chi connectivity index (χ1) is 68.4. The summed E-state index contributed by atoms with van der Waals surface area (Å²) in [5.74, 6) is 1.27. The normalized spacial score (nSPS) is 11.9. The van der Waals surface area contributed by atoms with Gasteiger partial charge < -0.3 is 9.13 Å². The molecule has 0 bridgehead atoms. The molecule has 0 amide bonds. The molecular formula is C130H80N8. The highest BCUT2D eigenvalue weighted by Gasteiger charge is 2.27. The lowest BCUT2D eigenvalue weighted by Gasteiger charge is -2.15. The van der Waals surface area contributed by atoms with Gasteiger partial charge in [-0.3, -0.25) is 9.13 Å². The Morgan fingerprint density at radius 2 is 0.420 bits per heavy atom. The highest BCUT2D eigenvalue weighted by atomic mass is 15.2. The van der Waals surface area contributed by atoms with Gasteiger partial charge in [0.1, 0.15) is 0 Å². The molecule has 8 heteroatoms. The molecule has 29 aromatic rings. The van der Waals surface area contributed by atoms with Crippen molar-refractivity contribution in [2.75, 3.05) is 0 Å². The lowest BCUT2D eigenvalue weighted by Crippen LogP contribution is -2.04. The summed E-state index contributed by atoms with van der Waals surface area (Å²) < 4.78 is 9.42. The third-order valence-corrected chi connectivity index (χ3v) is 28.6. The third kappa shape index (κ3) is 12.6. The van der Waals surface area contributed by atoms with Gasteiger partial charge in [0.05, 0.1) is 66.9 Å². The average molecular weight is 1750 g/mol. The van der Waals surface area contributed by atoms with Gasteiger partial charge in [-0.15, -0.1) is 0 Å². The molecule has 0 unspecified atom stereocenters. The molecular weight excluding hydrogens is 1670 g/mol. The number of para-hydroxylation sites is 2. The topological polar surface area (TPSA) is 71.3 Å². The fourth-order valence-electron chi connectivity index (χ4n) is 22.3. The van der Waals surface area contributed by atoms with Crippen LogP contribution in [0.5, 0.6) is 0 Å². The van der Waals surface area contributed by atoms with Gasteiger partial charge in [-0.2, -0.15) is 0 Å². The van der Waals surface area contributed by atoms with Crippen LogP contribution < -0.4 is 0 Å². The summed E-state index contributed by atoms with van der Waals surface area (Å²) in [7, 11) is 0. The van der Waals surface area contributed by atoms with E-state index in [2.05, 4.69) is 504 Å². The molecule has 6 heterocycles. The van der Waals surface area contributed by atoms with Gasteiger partial charge in [0.15, 0.2) is 0 Å². The summed E-state index contributed by atoms with van der Waals surface area (Å²) in [5, 5.41) is 24.0. The van der Waals surface area contributed by atoms with E-state index in [-0.39, 0.29) is 0 Å². The average Bonchev–Trinajstić information content (AvgIpc) is 1.62. The van der Waals surface area contributed by atoms with Crippen molar-refractivity contribution in [3.63, 3.8) is 0 Å². The zero-order valence-corrected chi connectivity index (χ0v) is 74.8. The molecule has 6 aromatic heterocycles. The molecule has 640 valence electrons. The highest BCUT2D eigenvalue weighted by Crippen LogP contribution is 2.49. The number of fused-ring (bicyclic) bond motifs is 10. The van der Waals surface area contributed by atoms with E-state index in [1.54, 1.807) is 0 Å². The molecule has 138 heavy (non-hydrogen) atoms. The quantitative estimate of drug-likeness (QED) is 0.108. The van der Waals surface area contributed by atoms with E-state index in [0.29, 0.717) is 11.9 Å². The fraction of sp³-hybridized carbons (Fsp3) is 0. The van der Waals surface area contributed by atoms with Crippen LogP contribution in [0.25, 0.3) is 276 Å². The van der Waals surface area contributed by atoms with Crippen molar-refractivity contribution >= 4 is 152 Å². The minimum atomic E-state index is 0.633. The second-order valence-electron chi connectivity index (χ2n) is 36.2. The van der Waals surface area contributed by atoms with Gasteiger partial charge in [-0.25, -0.2) is 19.9 Å². The van der Waals surface area contributed by atoms with E-state index in [4.69, 9.17) is 19.9 Å². The van der Waals surface area contributed by atoms with Gasteiger partial charge >= 0.3 is 0 Å². The second kappa shape index (κ2) is 31.6. The van der Waals surface area contributed by atoms with Gasteiger partial charge in [0.2, 0.25) is 11.9 Å². The largest absolute Gasteiger partial charge is 0.309 e. The van der Waals surface area contributed by atoms with Crippen LogP contribution in [0.1, 0.15) is 0 Å². The molecule has 0 atom stereocenters. The van der Waals surface area contributed by atoms with Gasteiger partial charge in [-0.05, 0) is 223 Å². The van der Waals surface area contributed by atoms with Gasteiger partial charge in [0.25, 0.3) is 0 Å². The van der Waals surface area contributed by atoms with Crippen molar-refractivity contribution in [1.29, 1.82) is 0 Å². The van der Waals surface area contributed by atoms with Crippen molar-refractivity contribution in [3.8, 4) is 124 Å². The Labute approximate surface area is 793 Å². The molecule has 8 nitrogen and oxygen atoms in total. The molecule has 23 aromatic carbocycles. The number of aromatic nitrogens is 8. The minimum absolute atomic E-state index is 0.633. The number of rotatable bonds is 13. The van der Waals surface area contributed by atoms with Crippen LogP contribution in [0.4, 0.5) is 0 Å². The van der Waals surface area contributed by atoms with Crippen LogP contribution >= 0.6 is 0 Å². The summed E-state index contributed by atoms with van der Waals surface area (Å²) >= 11 is 0. The SMILES string of the molecule is c1ccc(-c2cc(-c3ccccc3)cc(-n3c4cccc5ccc6c(-c7ccc8c(c7)c7ccccc7n8-c7nc(-c8cccc9ccccc89)cc(-c8cccc9ccccc89)n7)ccc3c6c54)c2)cc1.c1ccc(-c2ccc(-n3c4cccc5ccc6c(-c7ccc8c(c7)c7ccccc7n8-c7nc(-c8cccc9ccccc89)cc(-c8cccc9ccccc89)n7)ccc3c6c54)cc2)cc1. The predicted octanol–water partition coefficient (Wildman–Crippen LogP) is 34.1. The van der Waals surface area contributed by atoms with Gasteiger partial charge in [0, 0.05) is 76.7 Å². The van der Waals surface area contributed by atoms with Crippen molar-refractivity contribution in [1.82, 2.24) is 38.2 Å². The van der Waals surface area contributed by atoms with E-state index in [9.17, 15) is 0 Å². The molecule has 0 fully saturated rings. The summed E-state index contributed by atoms with van der Waals surface area (Å²) in [6, 6.07) is 176. The maximum absolute atomic E-state index is 5.49. The van der Waals surface area contributed by atoms with E-state index < -0.39 is 0 Å². The van der Waals surface area contributed by atoms with Crippen LogP contribution in [-0.2, 0) is 0 Å². The lowest BCUT2D eigenvalue weighted by atomic mass is 9.94. The number of hydrogen-bond donors (Lipinski definition) is 0. The molecule has 29 rings (SSSR count). The fourth-order valence-corrected chi connectivity index (χ4v) is 22.3. The smallest absolute Gasteiger partial charge is 0.235 e. The molecule has 0 aliphatic carbocycles. The van der Waals surface area contributed by atoms with E-state index in [1.165, 1.54) is 137 Å². The van der Waals surface area contributed by atoms with Crippen molar-refractivity contribution in [3.05, 3.63) is 485 Å². The molecule has 0 saturated carbocycles. The lowest BCUT2D eigenvalue weighted by molar-refractivity contribution is 0.996. The molecule has 0 radical (unpaired) electrons. The van der Waals surface area contributed by atoms with E-state index in [0.717, 1.165) is 127 Å². The molecule has 0 aliphatic heterocycles. The van der Waals surface area contributed by atoms with Crippen LogP contribution in [0.2, 0.25) is 0 Å². The predicted molar refractivity (Wildman–Crippen MR) is 578 cm³/mol. The van der Waals surface area contributed by atoms with Crippen LogP contribution in [0.3, 0.4) is 0 Å². The Balaban J connectivity index is 0.000000137. The first-order valence-electron chi connectivity index (χ1n) is 47.2. The Morgan fingerprint density at radius 1 is 0.130 bits per heavy atom. The molecule has 0 saturated heterocycles. The van der Waals surface area contributed by atoms with Crippen LogP contribution in [0.15, 0.2) is 485 Å². The number of benzene rings is 23. The first kappa shape index (κ1) is 78.2. The van der Waals surface area contributed by atoms with E-state index in [1.807, 2.05) is 0 Å². The monoisotopic (exact) mass is 1750 g/mol. The number of hydrogen-bond acceptors (Lipinski definition) is 4. The Bertz CT molecular complexity index is 9700. The maximum Gasteiger partial charge on any atom is 0.235 e. The summed E-state index contributed by atoms with van der Waals surface area (Å²) in [6.45, 7) is 0. The standard InChI is InChI=1S/C68H42N4.C62H38N4/c1-3-16-43(17-4-1)49-38-50(44-18-5-2-6-19-44)40-51(39-49)71-64-31-15-24-47-32-34-58-54(35-37-65(71)67(58)66(47)64)48-33-36-63-59(41-48)57-27-11-12-30-62(57)72(63)68-69-60(55-28-13-22-45-20-7-9-25-52(45)55)42-61(70-68)56-29-14-23-46-21-8-10-26-53(46)56;1-2-13-39(14-3-1)40-27-31-45(32-28-40)65-58-26-12-19-43-29-33-52-48(34-36-59(65)61(52)60(43)58)44-30-35-57-53(37-44)51-22-8-9-25-56(51)66(57)62-63-54(49-23-10-17-41-15-4-6-20-46(41)49)38-55(64-62)50-24-11-18-42-16-5-7-21-47(42)50/h1-42H;1-38H. The molecule has 0 aliphatic rings. The second-order valence-corrected chi connectivity index (χ2v) is 36.2. The van der Waals surface area contributed by atoms with Crippen LogP contribution in [-0.4, -0.2) is 38.2 Å². The third-order valence-electron chi connectivity index (χ3n) is 28.6. The summed E-state index contributed by atoms with van der Waals surface area (Å²) in [5.41, 5.74) is 31.0. The molecule has 0 spiro atoms. The number of nitrogens with zero attached hydrogens (tertiary/aromatic N) is 8. The Morgan fingerprint density at radius 3 is 0.819 bits per heavy atom. The van der Waals surface area contributed by atoms with Crippen molar-refractivity contribution < 1.29 is 0 Å². The summed E-state index contributed by atoms with van der Waals surface area (Å²) in [6.07, 6.45) is 0. The zero-order chi connectivity index (χ0) is 90.6. The molecule has 0 N–H and O–H groups in total. The summed E-state index contributed by atoms with van der Waals surface area (Å²) in [4.78, 5) is 21.9.